The lowest BCUT2D eigenvalue weighted by molar-refractivity contribution is 0.0534. The van der Waals surface area contributed by atoms with Gasteiger partial charge in [-0.05, 0) is 39.2 Å². The molecular formula is C18H25NO2. The summed E-state index contributed by atoms with van der Waals surface area (Å²) in [5.74, 6) is 0. The minimum Gasteiger partial charge on any atom is -0.444 e. The third-order valence-corrected chi connectivity index (χ3v) is 2.69. The summed E-state index contributed by atoms with van der Waals surface area (Å²) in [7, 11) is 0. The molecule has 0 aliphatic rings. The fraction of sp³-hybridized carbons (Fsp3) is 0.389. The summed E-state index contributed by atoms with van der Waals surface area (Å²) in [4.78, 5) is 11.4. The molecule has 0 heterocycles. The summed E-state index contributed by atoms with van der Waals surface area (Å²) >= 11 is 0. The molecule has 0 aliphatic heterocycles. The molecule has 0 unspecified atom stereocenters. The maximum atomic E-state index is 11.4. The minimum atomic E-state index is -0.465. The molecule has 0 atom stereocenters. The van der Waals surface area contributed by atoms with Gasteiger partial charge >= 0.3 is 6.09 Å². The summed E-state index contributed by atoms with van der Waals surface area (Å²) in [5.41, 5.74) is 1.89. The Balaban J connectivity index is 2.21. The number of amides is 1. The average molecular weight is 287 g/mol. The van der Waals surface area contributed by atoms with E-state index in [4.69, 9.17) is 4.74 Å². The first kappa shape index (κ1) is 17.0. The maximum absolute atomic E-state index is 11.4. The first-order valence-corrected chi connectivity index (χ1v) is 7.22. The third-order valence-electron chi connectivity index (χ3n) is 2.69. The van der Waals surface area contributed by atoms with Crippen molar-refractivity contribution >= 4 is 6.09 Å². The number of hydrogen-bond donors (Lipinski definition) is 1. The Bertz CT molecular complexity index is 484. The van der Waals surface area contributed by atoms with Gasteiger partial charge in [0, 0.05) is 6.54 Å². The van der Waals surface area contributed by atoms with Crippen LogP contribution >= 0.6 is 0 Å². The Hall–Kier alpha value is -2.03. The Kier molecular flexibility index (Phi) is 6.73. The quantitative estimate of drug-likeness (QED) is 0.794. The van der Waals surface area contributed by atoms with Crippen molar-refractivity contribution in [1.82, 2.24) is 5.32 Å². The lowest BCUT2D eigenvalue weighted by Gasteiger charge is -2.19. The highest BCUT2D eigenvalue weighted by molar-refractivity contribution is 5.67. The predicted molar refractivity (Wildman–Crippen MR) is 87.3 cm³/mol. The van der Waals surface area contributed by atoms with Gasteiger partial charge in [-0.3, -0.25) is 0 Å². The molecule has 0 saturated heterocycles. The van der Waals surface area contributed by atoms with Gasteiger partial charge in [-0.2, -0.15) is 0 Å². The Morgan fingerprint density at radius 2 is 1.95 bits per heavy atom. The molecule has 21 heavy (non-hydrogen) atoms. The van der Waals surface area contributed by atoms with E-state index < -0.39 is 11.7 Å². The second-order valence-corrected chi connectivity index (χ2v) is 5.93. The van der Waals surface area contributed by atoms with Crippen LogP contribution in [0.5, 0.6) is 0 Å². The lowest BCUT2D eigenvalue weighted by Crippen LogP contribution is -2.32. The lowest BCUT2D eigenvalue weighted by atomic mass is 10.1. The van der Waals surface area contributed by atoms with E-state index in [1.807, 2.05) is 51.1 Å². The highest BCUT2D eigenvalue weighted by Crippen LogP contribution is 2.08. The fourth-order valence-electron chi connectivity index (χ4n) is 1.71. The number of nitrogens with one attached hydrogen (secondary N) is 1. The number of carbonyl (C=O) groups is 1. The predicted octanol–water partition coefficient (Wildman–Crippen LogP) is 4.26. The van der Waals surface area contributed by atoms with Crippen LogP contribution in [0.3, 0.4) is 0 Å². The Morgan fingerprint density at radius 3 is 2.57 bits per heavy atom. The summed E-state index contributed by atoms with van der Waals surface area (Å²) in [6.07, 6.45) is 5.32. The molecule has 0 saturated carbocycles. The topological polar surface area (TPSA) is 38.3 Å². The zero-order chi connectivity index (χ0) is 15.7. The number of carbonyl (C=O) groups excluding carboxylic acids is 1. The number of benzene rings is 1. The molecule has 1 aromatic rings. The molecule has 0 radical (unpaired) electrons. The van der Waals surface area contributed by atoms with E-state index in [2.05, 4.69) is 24.0 Å². The average Bonchev–Trinajstić information content (AvgIpc) is 2.40. The zero-order valence-electron chi connectivity index (χ0n) is 13.2. The standard InChI is InChI=1S/C18H25NO2/c1-15(12-13-16-10-6-5-7-11-16)9-8-14-19-17(20)21-18(2,3)4/h5-11H,1,12-14H2,2-4H3,(H,19,20)/b9-8+. The summed E-state index contributed by atoms with van der Waals surface area (Å²) in [6, 6.07) is 10.3. The molecule has 0 aromatic heterocycles. The van der Waals surface area contributed by atoms with E-state index in [1.165, 1.54) is 5.56 Å². The molecule has 3 heteroatoms. The van der Waals surface area contributed by atoms with Crippen LogP contribution in [0.4, 0.5) is 4.79 Å². The summed E-state index contributed by atoms with van der Waals surface area (Å²) in [5, 5.41) is 2.68. The van der Waals surface area contributed by atoms with Crippen molar-refractivity contribution < 1.29 is 9.53 Å². The molecule has 1 amide bonds. The fourth-order valence-corrected chi connectivity index (χ4v) is 1.71. The minimum absolute atomic E-state index is 0.401. The van der Waals surface area contributed by atoms with E-state index in [0.29, 0.717) is 6.54 Å². The molecule has 1 aromatic carbocycles. The first-order valence-electron chi connectivity index (χ1n) is 7.22. The summed E-state index contributed by atoms with van der Waals surface area (Å²) < 4.78 is 5.14. The zero-order valence-corrected chi connectivity index (χ0v) is 13.2. The van der Waals surface area contributed by atoms with Gasteiger partial charge in [0.15, 0.2) is 0 Å². The molecule has 114 valence electrons. The number of aryl methyl sites for hydroxylation is 1. The highest BCUT2D eigenvalue weighted by atomic mass is 16.6. The van der Waals surface area contributed by atoms with E-state index in [-0.39, 0.29) is 0 Å². The van der Waals surface area contributed by atoms with E-state index >= 15 is 0 Å². The molecule has 1 N–H and O–H groups in total. The van der Waals surface area contributed by atoms with Gasteiger partial charge < -0.3 is 10.1 Å². The van der Waals surface area contributed by atoms with Crippen LogP contribution < -0.4 is 5.32 Å². The van der Waals surface area contributed by atoms with Crippen LogP contribution in [0.25, 0.3) is 0 Å². The van der Waals surface area contributed by atoms with Gasteiger partial charge in [0.2, 0.25) is 0 Å². The number of allylic oxidation sites excluding steroid dienone is 2. The number of rotatable bonds is 6. The van der Waals surface area contributed by atoms with Gasteiger partial charge in [0.05, 0.1) is 0 Å². The molecule has 1 rings (SSSR count). The largest absolute Gasteiger partial charge is 0.444 e. The Morgan fingerprint density at radius 1 is 1.29 bits per heavy atom. The van der Waals surface area contributed by atoms with Crippen molar-refractivity contribution in [3.05, 3.63) is 60.2 Å². The van der Waals surface area contributed by atoms with Gasteiger partial charge in [-0.25, -0.2) is 4.79 Å². The first-order chi connectivity index (χ1) is 9.87. The van der Waals surface area contributed by atoms with E-state index in [1.54, 1.807) is 0 Å². The van der Waals surface area contributed by atoms with Crippen molar-refractivity contribution in [3.63, 3.8) is 0 Å². The Labute approximate surface area is 127 Å². The van der Waals surface area contributed by atoms with Gasteiger partial charge in [0.1, 0.15) is 5.60 Å². The third kappa shape index (κ3) is 8.69. The van der Waals surface area contributed by atoms with Crippen molar-refractivity contribution in [2.75, 3.05) is 6.54 Å². The van der Waals surface area contributed by atoms with Crippen LogP contribution in [-0.4, -0.2) is 18.2 Å². The van der Waals surface area contributed by atoms with Crippen LogP contribution in [0.15, 0.2) is 54.6 Å². The molecule has 0 fully saturated rings. The van der Waals surface area contributed by atoms with Crippen LogP contribution in [0, 0.1) is 0 Å². The molecule has 0 spiro atoms. The second-order valence-electron chi connectivity index (χ2n) is 5.93. The van der Waals surface area contributed by atoms with E-state index in [9.17, 15) is 4.79 Å². The van der Waals surface area contributed by atoms with Gasteiger partial charge in [-0.1, -0.05) is 54.6 Å². The van der Waals surface area contributed by atoms with Crippen LogP contribution in [0.2, 0.25) is 0 Å². The smallest absolute Gasteiger partial charge is 0.407 e. The van der Waals surface area contributed by atoms with Crippen molar-refractivity contribution in [3.8, 4) is 0 Å². The normalized spacial score (nSPS) is 11.4. The van der Waals surface area contributed by atoms with Crippen LogP contribution in [0.1, 0.15) is 32.8 Å². The van der Waals surface area contributed by atoms with Crippen molar-refractivity contribution in [2.45, 2.75) is 39.2 Å². The number of hydrogen-bond acceptors (Lipinski definition) is 2. The molecular weight excluding hydrogens is 262 g/mol. The van der Waals surface area contributed by atoms with Crippen LogP contribution in [-0.2, 0) is 11.2 Å². The van der Waals surface area contributed by atoms with Gasteiger partial charge in [0.25, 0.3) is 0 Å². The molecule has 3 nitrogen and oxygen atoms in total. The molecule has 0 bridgehead atoms. The summed E-state index contributed by atoms with van der Waals surface area (Å²) in [6.45, 7) is 9.98. The number of alkyl carbamates (subject to hydrolysis) is 1. The highest BCUT2D eigenvalue weighted by Gasteiger charge is 2.14. The van der Waals surface area contributed by atoms with Crippen molar-refractivity contribution in [1.29, 1.82) is 0 Å². The van der Waals surface area contributed by atoms with E-state index in [0.717, 1.165) is 18.4 Å². The number of ether oxygens (including phenoxy) is 1. The maximum Gasteiger partial charge on any atom is 0.407 e. The second kappa shape index (κ2) is 8.30. The monoisotopic (exact) mass is 287 g/mol. The van der Waals surface area contributed by atoms with Gasteiger partial charge in [-0.15, -0.1) is 0 Å². The SMILES string of the molecule is C=C(/C=C/CNC(=O)OC(C)(C)C)CCc1ccccc1. The van der Waals surface area contributed by atoms with Crippen molar-refractivity contribution in [2.24, 2.45) is 0 Å². The molecule has 0 aliphatic carbocycles.